The molecular weight excluding hydrogens is 109 g/mol. The van der Waals surface area contributed by atoms with E-state index in [9.17, 15) is 13.2 Å². The van der Waals surface area contributed by atoms with E-state index >= 15 is 0 Å². The third-order valence-corrected chi connectivity index (χ3v) is 0.271. The van der Waals surface area contributed by atoms with E-state index < -0.39 is 12.7 Å². The summed E-state index contributed by atoms with van der Waals surface area (Å²) >= 11 is 0. The van der Waals surface area contributed by atoms with Crippen molar-refractivity contribution in [1.29, 1.82) is 0 Å². The number of rotatable bonds is 1. The van der Waals surface area contributed by atoms with Crippen molar-refractivity contribution in [3.8, 4) is 0 Å². The Kier molecular flexibility index (Phi) is 1.74. The first-order chi connectivity index (χ1) is 3.06. The summed E-state index contributed by atoms with van der Waals surface area (Å²) < 4.78 is 32.6. The summed E-state index contributed by atoms with van der Waals surface area (Å²) in [5.41, 5.74) is 4.22. The predicted octanol–water partition coefficient (Wildman–Crippen LogP) is -0.240. The second kappa shape index (κ2) is 1.90. The van der Waals surface area contributed by atoms with Crippen molar-refractivity contribution in [2.75, 3.05) is 6.54 Å². The van der Waals surface area contributed by atoms with Gasteiger partial charge in [0.25, 0.3) is 0 Å². The van der Waals surface area contributed by atoms with Gasteiger partial charge in [-0.3, -0.25) is 0 Å². The molecule has 42 valence electrons. The fourth-order valence-electron chi connectivity index (χ4n) is 0.104. The van der Waals surface area contributed by atoms with Crippen molar-refractivity contribution in [2.24, 2.45) is 5.11 Å². The molecule has 0 unspecified atom stereocenters. The second-order valence-electron chi connectivity index (χ2n) is 0.956. The van der Waals surface area contributed by atoms with Gasteiger partial charge in [-0.1, -0.05) is 0 Å². The summed E-state index contributed by atoms with van der Waals surface area (Å²) in [5.74, 6) is 0. The Balaban J connectivity index is 3.34. The van der Waals surface area contributed by atoms with Gasteiger partial charge in [0, 0.05) is 0 Å². The molecule has 0 radical (unpaired) electrons. The minimum atomic E-state index is -4.24. The first kappa shape index (κ1) is 6.39. The van der Waals surface area contributed by atoms with Gasteiger partial charge in [-0.25, -0.2) is 0 Å². The van der Waals surface area contributed by atoms with Gasteiger partial charge in [0.15, 0.2) is 6.54 Å². The monoisotopic (exact) mass is 113 g/mol. The summed E-state index contributed by atoms with van der Waals surface area (Å²) in [5, 5.41) is 2.38. The van der Waals surface area contributed by atoms with Gasteiger partial charge in [-0.2, -0.15) is 18.7 Å². The molecule has 0 atom stereocenters. The SMILES string of the molecule is [NH2+]=NCC(F)(F)F. The van der Waals surface area contributed by atoms with Crippen molar-refractivity contribution in [3.05, 3.63) is 0 Å². The molecule has 0 aliphatic rings. The highest BCUT2D eigenvalue weighted by Gasteiger charge is 2.27. The van der Waals surface area contributed by atoms with Crippen molar-refractivity contribution in [1.82, 2.24) is 0 Å². The summed E-state index contributed by atoms with van der Waals surface area (Å²) in [6.45, 7) is -1.26. The molecule has 0 spiro atoms. The molecule has 0 aliphatic carbocycles. The van der Waals surface area contributed by atoms with E-state index in [0.717, 1.165) is 0 Å². The van der Waals surface area contributed by atoms with E-state index in [1.165, 1.54) is 0 Å². The lowest BCUT2D eigenvalue weighted by Gasteiger charge is -1.94. The second-order valence-corrected chi connectivity index (χ2v) is 0.956. The van der Waals surface area contributed by atoms with Gasteiger partial charge in [0.2, 0.25) is 0 Å². The molecule has 0 saturated heterocycles. The Bertz CT molecular complexity index is 65.8. The largest absolute Gasteiger partial charge is 0.413 e. The van der Waals surface area contributed by atoms with E-state index in [4.69, 9.17) is 0 Å². The zero-order valence-electron chi connectivity index (χ0n) is 3.37. The van der Waals surface area contributed by atoms with Crippen LogP contribution >= 0.6 is 0 Å². The molecule has 0 aromatic carbocycles. The van der Waals surface area contributed by atoms with Crippen LogP contribution in [0.2, 0.25) is 0 Å². The molecule has 7 heavy (non-hydrogen) atoms. The maximum atomic E-state index is 10.9. The zero-order chi connectivity index (χ0) is 5.91. The predicted molar refractivity (Wildman–Crippen MR) is 15.3 cm³/mol. The maximum absolute atomic E-state index is 10.9. The standard InChI is InChI=1S/C2H3F3N2/c3-2(4,5)1-7-6/h6H,1H2/p+1. The van der Waals surface area contributed by atoms with Crippen LogP contribution in [-0.2, 0) is 0 Å². The first-order valence-electron chi connectivity index (χ1n) is 1.49. The van der Waals surface area contributed by atoms with Crippen LogP contribution in [0.25, 0.3) is 0 Å². The Labute approximate surface area is 37.8 Å². The lowest BCUT2D eigenvalue weighted by atomic mass is 10.7. The van der Waals surface area contributed by atoms with Gasteiger partial charge in [0.05, 0.1) is 0 Å². The van der Waals surface area contributed by atoms with Crippen LogP contribution in [0.15, 0.2) is 5.11 Å². The van der Waals surface area contributed by atoms with Gasteiger partial charge < -0.3 is 0 Å². The lowest BCUT2D eigenvalue weighted by molar-refractivity contribution is -0.241. The highest BCUT2D eigenvalue weighted by atomic mass is 19.4. The van der Waals surface area contributed by atoms with Gasteiger partial charge in [-0.05, 0) is 5.11 Å². The Morgan fingerprint density at radius 3 is 1.86 bits per heavy atom. The fraction of sp³-hybridized carbons (Fsp3) is 1.00. The van der Waals surface area contributed by atoms with E-state index in [1.807, 2.05) is 0 Å². The number of alkyl halides is 3. The minimum absolute atomic E-state index is 1.26. The molecule has 2 nitrogen and oxygen atoms in total. The quantitative estimate of drug-likeness (QED) is 0.456. The summed E-state index contributed by atoms with van der Waals surface area (Å²) in [6, 6.07) is 0. The average Bonchev–Trinajstić information content (AvgIpc) is 1.30. The van der Waals surface area contributed by atoms with Gasteiger partial charge in [0.1, 0.15) is 0 Å². The molecule has 0 bridgehead atoms. The minimum Gasteiger partial charge on any atom is -0.169 e. The first-order valence-corrected chi connectivity index (χ1v) is 1.49. The van der Waals surface area contributed by atoms with Gasteiger partial charge in [-0.15, -0.1) is 0 Å². The third kappa shape index (κ3) is 5.39. The topological polar surface area (TPSA) is 38.0 Å². The van der Waals surface area contributed by atoms with Crippen LogP contribution in [0.5, 0.6) is 0 Å². The molecule has 0 aromatic rings. The molecule has 0 aliphatic heterocycles. The molecule has 2 N–H and O–H groups in total. The maximum Gasteiger partial charge on any atom is 0.413 e. The van der Waals surface area contributed by atoms with Crippen LogP contribution < -0.4 is 5.53 Å². The number of nitrogens with zero attached hydrogens (tertiary/aromatic N) is 1. The Morgan fingerprint density at radius 1 is 1.43 bits per heavy atom. The smallest absolute Gasteiger partial charge is 0.169 e. The summed E-state index contributed by atoms with van der Waals surface area (Å²) in [4.78, 5) is 0. The average molecular weight is 113 g/mol. The number of halogens is 3. The highest BCUT2D eigenvalue weighted by Crippen LogP contribution is 2.12. The summed E-state index contributed by atoms with van der Waals surface area (Å²) in [7, 11) is 0. The van der Waals surface area contributed by atoms with Crippen molar-refractivity contribution in [3.63, 3.8) is 0 Å². The lowest BCUT2D eigenvalue weighted by Crippen LogP contribution is -2.28. The number of hydrogen-bond donors (Lipinski definition) is 1. The summed E-state index contributed by atoms with van der Waals surface area (Å²) in [6.07, 6.45) is -4.24. The van der Waals surface area contributed by atoms with Crippen LogP contribution in [0.3, 0.4) is 0 Å². The zero-order valence-corrected chi connectivity index (χ0v) is 3.37. The fourth-order valence-corrected chi connectivity index (χ4v) is 0.104. The normalized spacial score (nSPS) is 11.3. The molecule has 0 fully saturated rings. The Hall–Kier alpha value is -0.610. The van der Waals surface area contributed by atoms with Crippen LogP contribution in [0.1, 0.15) is 0 Å². The molecule has 0 rings (SSSR count). The van der Waals surface area contributed by atoms with Crippen molar-refractivity contribution < 1.29 is 18.7 Å². The van der Waals surface area contributed by atoms with E-state index in [-0.39, 0.29) is 0 Å². The molecule has 0 aromatic heterocycles. The van der Waals surface area contributed by atoms with E-state index in [1.54, 1.807) is 0 Å². The van der Waals surface area contributed by atoms with Crippen molar-refractivity contribution >= 4 is 0 Å². The third-order valence-electron chi connectivity index (χ3n) is 0.271. The number of hydrogen-bond acceptors (Lipinski definition) is 1. The molecule has 0 amide bonds. The Morgan fingerprint density at radius 2 is 1.86 bits per heavy atom. The number of nitrogens with two attached hydrogens (primary N) is 1. The van der Waals surface area contributed by atoms with Crippen molar-refractivity contribution in [2.45, 2.75) is 6.18 Å². The van der Waals surface area contributed by atoms with Crippen LogP contribution in [-0.4, -0.2) is 12.7 Å². The molecule has 0 saturated carbocycles. The van der Waals surface area contributed by atoms with Gasteiger partial charge >= 0.3 is 6.18 Å². The van der Waals surface area contributed by atoms with Crippen LogP contribution in [0, 0.1) is 0 Å². The molecule has 0 heterocycles. The molecular formula is C2H4F3N2+. The van der Waals surface area contributed by atoms with E-state index in [2.05, 4.69) is 10.6 Å². The highest BCUT2D eigenvalue weighted by molar-refractivity contribution is 4.47. The van der Waals surface area contributed by atoms with E-state index in [0.29, 0.717) is 0 Å². The van der Waals surface area contributed by atoms with Crippen LogP contribution in [0.4, 0.5) is 13.2 Å². The molecule has 5 heteroatoms.